The molecule has 0 spiro atoms. The van der Waals surface area contributed by atoms with Crippen LogP contribution in [0.3, 0.4) is 0 Å². The minimum Gasteiger partial charge on any atom is -0.481 e. The first kappa shape index (κ1) is 13.3. The summed E-state index contributed by atoms with van der Waals surface area (Å²) in [6.07, 6.45) is 1.37. The Hall–Kier alpha value is -1.69. The molecule has 6 heteroatoms. The molecule has 2 heterocycles. The lowest BCUT2D eigenvalue weighted by molar-refractivity contribution is -0.139. The summed E-state index contributed by atoms with van der Waals surface area (Å²) in [4.78, 5) is 15.7. The molecule has 2 aromatic rings. The minimum absolute atomic E-state index is 0.332. The maximum atomic E-state index is 13.4. The molecule has 1 atom stereocenters. The normalized spacial score (nSPS) is 17.8. The van der Waals surface area contributed by atoms with Gasteiger partial charge in [0, 0.05) is 12.1 Å². The van der Waals surface area contributed by atoms with E-state index in [4.69, 9.17) is 0 Å². The molecule has 0 bridgehead atoms. The molecule has 1 N–H and O–H groups in total. The number of nitrogens with zero attached hydrogens (tertiary/aromatic N) is 2. The number of fused-ring (bicyclic) bond motifs is 1. The van der Waals surface area contributed by atoms with E-state index in [0.29, 0.717) is 34.7 Å². The Balaban J connectivity index is 2.16. The Morgan fingerprint density at radius 1 is 1.50 bits per heavy atom. The van der Waals surface area contributed by atoms with Crippen molar-refractivity contribution in [2.75, 3.05) is 0 Å². The quantitative estimate of drug-likeness (QED) is 0.912. The number of hydrogen-bond donors (Lipinski definition) is 1. The minimum atomic E-state index is -0.850. The number of rotatable bonds is 2. The van der Waals surface area contributed by atoms with Crippen LogP contribution in [0.1, 0.15) is 24.5 Å². The van der Waals surface area contributed by atoms with E-state index in [0.717, 1.165) is 6.42 Å². The van der Waals surface area contributed by atoms with E-state index in [1.807, 2.05) is 4.57 Å². The van der Waals surface area contributed by atoms with Crippen molar-refractivity contribution in [3.8, 4) is 11.4 Å². The Morgan fingerprint density at radius 3 is 3.00 bits per heavy atom. The van der Waals surface area contributed by atoms with Crippen molar-refractivity contribution < 1.29 is 14.3 Å². The molecule has 0 fully saturated rings. The van der Waals surface area contributed by atoms with Gasteiger partial charge in [-0.2, -0.15) is 0 Å². The van der Waals surface area contributed by atoms with Crippen LogP contribution in [0.5, 0.6) is 0 Å². The molecule has 104 valence electrons. The molecule has 1 aliphatic heterocycles. The first-order chi connectivity index (χ1) is 9.58. The number of carboxylic acid groups (broad SMARTS) is 1. The average Bonchev–Trinajstić information content (AvgIpc) is 2.76. The van der Waals surface area contributed by atoms with E-state index in [-0.39, 0.29) is 5.82 Å². The SMILES string of the molecule is O=C(O)C1CCCn2c(-c3cccc(F)c3)nc(Br)c21. The number of carbonyl (C=O) groups is 1. The van der Waals surface area contributed by atoms with Crippen molar-refractivity contribution in [2.24, 2.45) is 0 Å². The standard InChI is InChI=1S/C14H12BrFN2O2/c15-12-11-10(14(19)20)5-2-6-18(11)13(17-12)8-3-1-4-9(16)7-8/h1,3-4,7,10H,2,5-6H2,(H,19,20). The summed E-state index contributed by atoms with van der Waals surface area (Å²) in [5.74, 6) is -1.14. The number of imidazole rings is 1. The predicted octanol–water partition coefficient (Wildman–Crippen LogP) is 3.41. The summed E-state index contributed by atoms with van der Waals surface area (Å²) in [7, 11) is 0. The van der Waals surface area contributed by atoms with Gasteiger partial charge in [-0.3, -0.25) is 4.79 Å². The van der Waals surface area contributed by atoms with Crippen molar-refractivity contribution in [1.82, 2.24) is 9.55 Å². The molecular weight excluding hydrogens is 327 g/mol. The topological polar surface area (TPSA) is 55.1 Å². The molecule has 4 nitrogen and oxygen atoms in total. The van der Waals surface area contributed by atoms with Crippen LogP contribution >= 0.6 is 15.9 Å². The first-order valence-corrected chi connectivity index (χ1v) is 7.12. The lowest BCUT2D eigenvalue weighted by atomic mass is 9.96. The zero-order valence-corrected chi connectivity index (χ0v) is 12.1. The molecule has 0 saturated carbocycles. The van der Waals surface area contributed by atoms with Crippen LogP contribution in [-0.2, 0) is 11.3 Å². The van der Waals surface area contributed by atoms with Crippen molar-refractivity contribution in [3.05, 3.63) is 40.4 Å². The molecule has 20 heavy (non-hydrogen) atoms. The van der Waals surface area contributed by atoms with Crippen LogP contribution in [0.25, 0.3) is 11.4 Å². The second-order valence-electron chi connectivity index (χ2n) is 4.81. The zero-order chi connectivity index (χ0) is 14.3. The molecule has 1 aromatic carbocycles. The van der Waals surface area contributed by atoms with Gasteiger partial charge < -0.3 is 9.67 Å². The summed E-state index contributed by atoms with van der Waals surface area (Å²) in [6.45, 7) is 0.698. The van der Waals surface area contributed by atoms with E-state index >= 15 is 0 Å². The van der Waals surface area contributed by atoms with Gasteiger partial charge in [0.2, 0.25) is 0 Å². The van der Waals surface area contributed by atoms with Crippen LogP contribution in [0.15, 0.2) is 28.9 Å². The van der Waals surface area contributed by atoms with Gasteiger partial charge in [0.15, 0.2) is 0 Å². The van der Waals surface area contributed by atoms with E-state index in [9.17, 15) is 14.3 Å². The monoisotopic (exact) mass is 338 g/mol. The second-order valence-corrected chi connectivity index (χ2v) is 5.56. The highest BCUT2D eigenvalue weighted by Gasteiger charge is 2.32. The number of carboxylic acids is 1. The van der Waals surface area contributed by atoms with E-state index in [1.165, 1.54) is 12.1 Å². The fraction of sp³-hybridized carbons (Fsp3) is 0.286. The van der Waals surface area contributed by atoms with Gasteiger partial charge in [-0.15, -0.1) is 0 Å². The number of aromatic nitrogens is 2. The maximum Gasteiger partial charge on any atom is 0.312 e. The van der Waals surface area contributed by atoms with Crippen LogP contribution in [0, 0.1) is 5.82 Å². The Kier molecular flexibility index (Phi) is 3.33. The van der Waals surface area contributed by atoms with Crippen LogP contribution in [0.4, 0.5) is 4.39 Å². The predicted molar refractivity (Wildman–Crippen MR) is 74.9 cm³/mol. The second kappa shape index (κ2) is 5.01. The Bertz CT molecular complexity index is 684. The third-order valence-electron chi connectivity index (χ3n) is 3.55. The molecular formula is C14H12BrFN2O2. The van der Waals surface area contributed by atoms with Crippen molar-refractivity contribution in [1.29, 1.82) is 0 Å². The van der Waals surface area contributed by atoms with Crippen molar-refractivity contribution in [2.45, 2.75) is 25.3 Å². The number of aliphatic carboxylic acids is 1. The number of halogens is 2. The summed E-state index contributed by atoms with van der Waals surface area (Å²) in [5, 5.41) is 9.31. The van der Waals surface area contributed by atoms with Crippen molar-refractivity contribution in [3.63, 3.8) is 0 Å². The smallest absolute Gasteiger partial charge is 0.312 e. The molecule has 0 saturated heterocycles. The van der Waals surface area contributed by atoms with Gasteiger partial charge in [0.25, 0.3) is 0 Å². The van der Waals surface area contributed by atoms with Gasteiger partial charge in [-0.05, 0) is 40.9 Å². The highest BCUT2D eigenvalue weighted by molar-refractivity contribution is 9.10. The third-order valence-corrected chi connectivity index (χ3v) is 4.13. The van der Waals surface area contributed by atoms with E-state index in [2.05, 4.69) is 20.9 Å². The fourth-order valence-electron chi connectivity index (χ4n) is 2.67. The van der Waals surface area contributed by atoms with Gasteiger partial charge in [0.05, 0.1) is 11.6 Å². The average molecular weight is 339 g/mol. The van der Waals surface area contributed by atoms with Gasteiger partial charge >= 0.3 is 5.97 Å². The van der Waals surface area contributed by atoms with Crippen LogP contribution in [-0.4, -0.2) is 20.6 Å². The fourth-order valence-corrected chi connectivity index (χ4v) is 3.33. The molecule has 3 rings (SSSR count). The lowest BCUT2D eigenvalue weighted by Gasteiger charge is -2.22. The van der Waals surface area contributed by atoms with Gasteiger partial charge in [0.1, 0.15) is 16.2 Å². The molecule has 0 amide bonds. The zero-order valence-electron chi connectivity index (χ0n) is 10.5. The highest BCUT2D eigenvalue weighted by Crippen LogP contribution is 2.37. The third kappa shape index (κ3) is 2.14. The maximum absolute atomic E-state index is 13.4. The summed E-state index contributed by atoms with van der Waals surface area (Å²) >= 11 is 3.34. The summed E-state index contributed by atoms with van der Waals surface area (Å²) in [6, 6.07) is 6.18. The van der Waals surface area contributed by atoms with Crippen LogP contribution in [0.2, 0.25) is 0 Å². The van der Waals surface area contributed by atoms with Gasteiger partial charge in [-0.1, -0.05) is 12.1 Å². The molecule has 1 aliphatic rings. The molecule has 0 radical (unpaired) electrons. The summed E-state index contributed by atoms with van der Waals surface area (Å²) in [5.41, 5.74) is 1.33. The molecule has 0 aliphatic carbocycles. The number of hydrogen-bond acceptors (Lipinski definition) is 2. The Labute approximate surface area is 123 Å². The molecule has 1 unspecified atom stereocenters. The summed E-state index contributed by atoms with van der Waals surface area (Å²) < 4.78 is 15.8. The van der Waals surface area contributed by atoms with Crippen molar-refractivity contribution >= 4 is 21.9 Å². The Morgan fingerprint density at radius 2 is 2.30 bits per heavy atom. The van der Waals surface area contributed by atoms with Crippen LogP contribution < -0.4 is 0 Å². The lowest BCUT2D eigenvalue weighted by Crippen LogP contribution is -2.22. The van der Waals surface area contributed by atoms with E-state index in [1.54, 1.807) is 12.1 Å². The van der Waals surface area contributed by atoms with Gasteiger partial charge in [-0.25, -0.2) is 9.37 Å². The highest BCUT2D eigenvalue weighted by atomic mass is 79.9. The number of benzene rings is 1. The first-order valence-electron chi connectivity index (χ1n) is 6.32. The van der Waals surface area contributed by atoms with E-state index < -0.39 is 11.9 Å². The molecule has 1 aromatic heterocycles. The largest absolute Gasteiger partial charge is 0.481 e.